The van der Waals surface area contributed by atoms with Crippen LogP contribution in [0, 0.1) is 0 Å². The lowest BCUT2D eigenvalue weighted by molar-refractivity contribution is -0.114. The Balaban J connectivity index is 3.62. The Labute approximate surface area is 46.8 Å². The number of carbonyl (C=O) groups is 1. The minimum Gasteiger partial charge on any atom is -0.328 e. The van der Waals surface area contributed by atoms with E-state index in [0.717, 1.165) is 6.29 Å². The topological polar surface area (TPSA) is 86.2 Å². The molecular formula is C4H7N2O2. The fraction of sp³-hybridized carbons (Fsp3) is 0.500. The molecule has 0 aliphatic carbocycles. The first kappa shape index (κ1) is 7.26. The van der Waals surface area contributed by atoms with Crippen molar-refractivity contribution in [2.45, 2.75) is 6.04 Å². The van der Waals surface area contributed by atoms with Crippen LogP contribution in [-0.2, 0) is 9.59 Å². The first-order valence-corrected chi connectivity index (χ1v) is 2.10. The fourth-order valence-corrected chi connectivity index (χ4v) is 0.183. The van der Waals surface area contributed by atoms with Crippen LogP contribution in [0.25, 0.3) is 0 Å². The molecule has 1 atom stereocenters. The van der Waals surface area contributed by atoms with Gasteiger partial charge in [0.15, 0.2) is 0 Å². The summed E-state index contributed by atoms with van der Waals surface area (Å²) in [6.45, 7) is -0.00588. The molecule has 0 saturated heterocycles. The predicted molar refractivity (Wildman–Crippen MR) is 27.7 cm³/mol. The molecule has 4 N–H and O–H groups in total. The lowest BCUT2D eigenvalue weighted by Crippen LogP contribution is -2.38. The van der Waals surface area contributed by atoms with Crippen molar-refractivity contribution in [2.75, 3.05) is 6.54 Å². The van der Waals surface area contributed by atoms with Gasteiger partial charge in [0, 0.05) is 6.54 Å². The second-order valence-corrected chi connectivity index (χ2v) is 1.31. The zero-order chi connectivity index (χ0) is 6.57. The standard InChI is InChI=1S/C4H7N2O2/c5-1-3(6)4(8)2-7/h3H,1,5-6H2. The molecule has 1 unspecified atom stereocenters. The van der Waals surface area contributed by atoms with Crippen LogP contribution in [-0.4, -0.2) is 24.7 Å². The molecule has 0 aliphatic heterocycles. The smallest absolute Gasteiger partial charge is 0.273 e. The van der Waals surface area contributed by atoms with Crippen LogP contribution in [0.3, 0.4) is 0 Å². The molecule has 0 aromatic carbocycles. The summed E-state index contributed by atoms with van der Waals surface area (Å²) >= 11 is 0. The van der Waals surface area contributed by atoms with Crippen LogP contribution in [0.1, 0.15) is 0 Å². The van der Waals surface area contributed by atoms with Gasteiger partial charge in [0.05, 0.1) is 6.04 Å². The average Bonchev–Trinajstić information content (AvgIpc) is 1.84. The number of rotatable bonds is 3. The van der Waals surface area contributed by atoms with Crippen LogP contribution in [0.5, 0.6) is 0 Å². The van der Waals surface area contributed by atoms with Crippen molar-refractivity contribution in [3.8, 4) is 0 Å². The molecule has 0 saturated carbocycles. The van der Waals surface area contributed by atoms with E-state index in [4.69, 9.17) is 11.5 Å². The van der Waals surface area contributed by atoms with Gasteiger partial charge in [-0.05, 0) is 0 Å². The van der Waals surface area contributed by atoms with E-state index >= 15 is 0 Å². The van der Waals surface area contributed by atoms with E-state index in [1.54, 1.807) is 0 Å². The Kier molecular flexibility index (Phi) is 2.98. The first-order chi connectivity index (χ1) is 3.72. The maximum atomic E-state index is 10.1. The van der Waals surface area contributed by atoms with E-state index in [9.17, 15) is 9.59 Å². The van der Waals surface area contributed by atoms with Gasteiger partial charge in [-0.2, -0.15) is 0 Å². The van der Waals surface area contributed by atoms with Crippen molar-refractivity contribution in [3.63, 3.8) is 0 Å². The molecule has 0 spiro atoms. The van der Waals surface area contributed by atoms with Crippen LogP contribution >= 0.6 is 0 Å². The minimum absolute atomic E-state index is 0.00588. The molecule has 4 nitrogen and oxygen atoms in total. The molecular weight excluding hydrogens is 108 g/mol. The molecule has 0 aromatic heterocycles. The highest BCUT2D eigenvalue weighted by molar-refractivity contribution is 6.27. The van der Waals surface area contributed by atoms with Crippen molar-refractivity contribution in [1.29, 1.82) is 0 Å². The Hall–Kier alpha value is -0.740. The number of ketones is 1. The van der Waals surface area contributed by atoms with Gasteiger partial charge < -0.3 is 11.5 Å². The SMILES string of the molecule is NCC(N)C(=O)[C]=O. The summed E-state index contributed by atoms with van der Waals surface area (Å²) in [4.78, 5) is 19.6. The van der Waals surface area contributed by atoms with Crippen molar-refractivity contribution >= 4 is 12.1 Å². The van der Waals surface area contributed by atoms with Gasteiger partial charge in [-0.25, -0.2) is 0 Å². The number of nitrogens with two attached hydrogens (primary N) is 2. The number of carbonyl (C=O) groups excluding carboxylic acids is 2. The van der Waals surface area contributed by atoms with E-state index in [-0.39, 0.29) is 6.54 Å². The summed E-state index contributed by atoms with van der Waals surface area (Å²) < 4.78 is 0. The number of hydrogen-bond donors (Lipinski definition) is 2. The molecule has 0 amide bonds. The number of hydrogen-bond acceptors (Lipinski definition) is 4. The average molecular weight is 115 g/mol. The summed E-state index contributed by atoms with van der Waals surface area (Å²) in [5.74, 6) is -0.771. The third-order valence-electron chi connectivity index (χ3n) is 0.691. The van der Waals surface area contributed by atoms with Crippen LogP contribution < -0.4 is 11.5 Å². The van der Waals surface area contributed by atoms with Gasteiger partial charge in [0.25, 0.3) is 6.29 Å². The van der Waals surface area contributed by atoms with E-state index in [0.29, 0.717) is 0 Å². The third kappa shape index (κ3) is 1.81. The van der Waals surface area contributed by atoms with Crippen molar-refractivity contribution in [2.24, 2.45) is 11.5 Å². The van der Waals surface area contributed by atoms with Crippen LogP contribution in [0.15, 0.2) is 0 Å². The van der Waals surface area contributed by atoms with Gasteiger partial charge in [-0.15, -0.1) is 0 Å². The summed E-state index contributed by atoms with van der Waals surface area (Å²) in [5.41, 5.74) is 9.91. The molecule has 45 valence electrons. The van der Waals surface area contributed by atoms with Gasteiger partial charge in [-0.1, -0.05) is 0 Å². The van der Waals surface area contributed by atoms with E-state index in [1.807, 2.05) is 0 Å². The summed E-state index contributed by atoms with van der Waals surface area (Å²) in [6.07, 6.45) is 1.12. The van der Waals surface area contributed by atoms with Gasteiger partial charge in [0.2, 0.25) is 5.78 Å². The maximum Gasteiger partial charge on any atom is 0.273 e. The maximum absolute atomic E-state index is 10.1. The summed E-state index contributed by atoms with van der Waals surface area (Å²) in [5, 5.41) is 0. The summed E-state index contributed by atoms with van der Waals surface area (Å²) in [7, 11) is 0. The van der Waals surface area contributed by atoms with Gasteiger partial charge >= 0.3 is 0 Å². The lowest BCUT2D eigenvalue weighted by Gasteiger charge is -1.97. The molecule has 1 radical (unpaired) electrons. The molecule has 4 heteroatoms. The van der Waals surface area contributed by atoms with Crippen molar-refractivity contribution < 1.29 is 9.59 Å². The van der Waals surface area contributed by atoms with Crippen LogP contribution in [0.2, 0.25) is 0 Å². The second kappa shape index (κ2) is 3.29. The lowest BCUT2D eigenvalue weighted by atomic mass is 10.2. The fourth-order valence-electron chi connectivity index (χ4n) is 0.183. The molecule has 0 aromatic rings. The Bertz CT molecular complexity index is 102. The highest BCUT2D eigenvalue weighted by atomic mass is 16.2. The highest BCUT2D eigenvalue weighted by Crippen LogP contribution is 1.71. The molecule has 0 aliphatic rings. The van der Waals surface area contributed by atoms with Gasteiger partial charge in [-0.3, -0.25) is 9.59 Å². The quantitative estimate of drug-likeness (QED) is 0.414. The zero-order valence-electron chi connectivity index (χ0n) is 4.26. The van der Waals surface area contributed by atoms with E-state index in [1.165, 1.54) is 0 Å². The Morgan fingerprint density at radius 3 is 2.38 bits per heavy atom. The zero-order valence-corrected chi connectivity index (χ0v) is 4.26. The molecule has 8 heavy (non-hydrogen) atoms. The molecule has 0 heterocycles. The highest BCUT2D eigenvalue weighted by Gasteiger charge is 2.09. The third-order valence-corrected chi connectivity index (χ3v) is 0.691. The predicted octanol–water partition coefficient (Wildman–Crippen LogP) is -2.05. The first-order valence-electron chi connectivity index (χ1n) is 2.10. The van der Waals surface area contributed by atoms with E-state index in [2.05, 4.69) is 0 Å². The van der Waals surface area contributed by atoms with E-state index < -0.39 is 11.8 Å². The Morgan fingerprint density at radius 1 is 1.75 bits per heavy atom. The Morgan fingerprint density at radius 2 is 2.25 bits per heavy atom. The largest absolute Gasteiger partial charge is 0.328 e. The van der Waals surface area contributed by atoms with Crippen LogP contribution in [0.4, 0.5) is 0 Å². The van der Waals surface area contributed by atoms with Crippen molar-refractivity contribution in [3.05, 3.63) is 0 Å². The molecule has 0 fully saturated rings. The molecule has 0 bridgehead atoms. The second-order valence-electron chi connectivity index (χ2n) is 1.31. The molecule has 0 rings (SSSR count). The normalized spacial score (nSPS) is 12.8. The summed E-state index contributed by atoms with van der Waals surface area (Å²) in [6, 6.07) is -0.868. The minimum atomic E-state index is -0.868. The number of Topliss-reactive ketones (excluding diaryl/α,β-unsaturated/α-hetero) is 1. The van der Waals surface area contributed by atoms with Gasteiger partial charge in [0.1, 0.15) is 0 Å². The monoisotopic (exact) mass is 115 g/mol. The van der Waals surface area contributed by atoms with Crippen molar-refractivity contribution in [1.82, 2.24) is 0 Å².